The summed E-state index contributed by atoms with van der Waals surface area (Å²) in [5.41, 5.74) is 8.63. The fourth-order valence-electron chi connectivity index (χ4n) is 2.78. The van der Waals surface area contributed by atoms with Gasteiger partial charge in [-0.3, -0.25) is 4.68 Å². The topological polar surface area (TPSA) is 43.8 Å². The van der Waals surface area contributed by atoms with Crippen molar-refractivity contribution in [3.05, 3.63) is 15.9 Å². The number of rotatable bonds is 11. The molecular formula is C17H32BrN3. The van der Waals surface area contributed by atoms with E-state index in [2.05, 4.69) is 39.6 Å². The lowest BCUT2D eigenvalue weighted by atomic mass is 10.0. The molecule has 0 fully saturated rings. The predicted octanol–water partition coefficient (Wildman–Crippen LogP) is 4.98. The van der Waals surface area contributed by atoms with Gasteiger partial charge in [0.1, 0.15) is 0 Å². The first-order valence-corrected chi connectivity index (χ1v) is 9.36. The molecule has 0 aliphatic heterocycles. The molecule has 21 heavy (non-hydrogen) atoms. The Bertz CT molecular complexity index is 401. The van der Waals surface area contributed by atoms with Gasteiger partial charge in [-0.05, 0) is 36.2 Å². The monoisotopic (exact) mass is 357 g/mol. The van der Waals surface area contributed by atoms with Gasteiger partial charge in [0.05, 0.1) is 15.9 Å². The van der Waals surface area contributed by atoms with E-state index in [9.17, 15) is 0 Å². The van der Waals surface area contributed by atoms with Gasteiger partial charge in [0.25, 0.3) is 0 Å². The lowest BCUT2D eigenvalue weighted by Crippen LogP contribution is -2.24. The SMILES string of the molecule is CCCCCCCCCC(N)Cc1c(Br)c(C)nn1CC. The molecule has 1 unspecified atom stereocenters. The molecule has 0 bridgehead atoms. The summed E-state index contributed by atoms with van der Waals surface area (Å²) in [5.74, 6) is 0. The van der Waals surface area contributed by atoms with E-state index in [0.29, 0.717) is 0 Å². The van der Waals surface area contributed by atoms with E-state index in [1.165, 1.54) is 50.6 Å². The van der Waals surface area contributed by atoms with Gasteiger partial charge >= 0.3 is 0 Å². The number of hydrogen-bond donors (Lipinski definition) is 1. The number of aromatic nitrogens is 2. The second-order valence-corrected chi connectivity index (χ2v) is 6.83. The number of hydrogen-bond acceptors (Lipinski definition) is 2. The Kier molecular flexibility index (Phi) is 9.25. The molecule has 0 spiro atoms. The van der Waals surface area contributed by atoms with E-state index in [4.69, 9.17) is 5.73 Å². The summed E-state index contributed by atoms with van der Waals surface area (Å²) in [7, 11) is 0. The molecule has 2 N–H and O–H groups in total. The molecule has 1 aromatic rings. The standard InChI is InChI=1S/C17H32BrN3/c1-4-6-7-8-9-10-11-12-15(19)13-16-17(18)14(3)20-21(16)5-2/h15H,4-13,19H2,1-3H3. The summed E-state index contributed by atoms with van der Waals surface area (Å²) in [4.78, 5) is 0. The smallest absolute Gasteiger partial charge is 0.0738 e. The van der Waals surface area contributed by atoms with Crippen molar-refractivity contribution in [2.75, 3.05) is 0 Å². The van der Waals surface area contributed by atoms with Crippen LogP contribution >= 0.6 is 15.9 Å². The van der Waals surface area contributed by atoms with Gasteiger partial charge in [-0.15, -0.1) is 0 Å². The number of nitrogens with two attached hydrogens (primary N) is 1. The molecular weight excluding hydrogens is 326 g/mol. The highest BCUT2D eigenvalue weighted by Crippen LogP contribution is 2.23. The van der Waals surface area contributed by atoms with Crippen LogP contribution in [0.15, 0.2) is 4.47 Å². The molecule has 0 aliphatic rings. The van der Waals surface area contributed by atoms with E-state index in [1.54, 1.807) is 0 Å². The lowest BCUT2D eigenvalue weighted by molar-refractivity contribution is 0.510. The van der Waals surface area contributed by atoms with E-state index >= 15 is 0 Å². The van der Waals surface area contributed by atoms with Crippen LogP contribution in [0.2, 0.25) is 0 Å². The maximum Gasteiger partial charge on any atom is 0.0738 e. The van der Waals surface area contributed by atoms with Gasteiger partial charge in [-0.2, -0.15) is 5.10 Å². The molecule has 1 rings (SSSR count). The Morgan fingerprint density at radius 2 is 1.71 bits per heavy atom. The molecule has 0 saturated carbocycles. The first-order chi connectivity index (χ1) is 10.1. The van der Waals surface area contributed by atoms with Crippen LogP contribution < -0.4 is 5.73 Å². The van der Waals surface area contributed by atoms with Crippen molar-refractivity contribution < 1.29 is 0 Å². The van der Waals surface area contributed by atoms with E-state index in [-0.39, 0.29) is 6.04 Å². The third-order valence-electron chi connectivity index (χ3n) is 4.09. The van der Waals surface area contributed by atoms with Crippen molar-refractivity contribution >= 4 is 15.9 Å². The summed E-state index contributed by atoms with van der Waals surface area (Å²) >= 11 is 3.65. The number of aryl methyl sites for hydroxylation is 2. The van der Waals surface area contributed by atoms with Crippen molar-refractivity contribution in [1.29, 1.82) is 0 Å². The van der Waals surface area contributed by atoms with Crippen LogP contribution in [0.3, 0.4) is 0 Å². The Labute approximate surface area is 138 Å². The van der Waals surface area contributed by atoms with Crippen molar-refractivity contribution in [2.24, 2.45) is 5.73 Å². The highest BCUT2D eigenvalue weighted by molar-refractivity contribution is 9.10. The Morgan fingerprint density at radius 3 is 2.33 bits per heavy atom. The highest BCUT2D eigenvalue weighted by Gasteiger charge is 2.15. The molecule has 0 amide bonds. The van der Waals surface area contributed by atoms with Crippen LogP contribution in [0.25, 0.3) is 0 Å². The van der Waals surface area contributed by atoms with Gasteiger partial charge in [0, 0.05) is 19.0 Å². The first kappa shape index (κ1) is 18.7. The number of unbranched alkanes of at least 4 members (excludes halogenated alkanes) is 6. The van der Waals surface area contributed by atoms with Crippen LogP contribution in [0.1, 0.15) is 76.6 Å². The van der Waals surface area contributed by atoms with Crippen molar-refractivity contribution in [3.8, 4) is 0 Å². The fraction of sp³-hybridized carbons (Fsp3) is 0.824. The second-order valence-electron chi connectivity index (χ2n) is 6.04. The number of nitrogens with zero attached hydrogens (tertiary/aromatic N) is 2. The third-order valence-corrected chi connectivity index (χ3v) is 5.12. The second kappa shape index (κ2) is 10.4. The van der Waals surface area contributed by atoms with Crippen molar-refractivity contribution in [3.63, 3.8) is 0 Å². The summed E-state index contributed by atoms with van der Waals surface area (Å²) in [6.45, 7) is 7.34. The fourth-order valence-corrected chi connectivity index (χ4v) is 3.22. The summed E-state index contributed by atoms with van der Waals surface area (Å²) < 4.78 is 3.21. The van der Waals surface area contributed by atoms with E-state index < -0.39 is 0 Å². The summed E-state index contributed by atoms with van der Waals surface area (Å²) in [5, 5.41) is 4.53. The predicted molar refractivity (Wildman–Crippen MR) is 94.6 cm³/mol. The normalized spacial score (nSPS) is 12.8. The summed E-state index contributed by atoms with van der Waals surface area (Å²) in [6, 6.07) is 0.248. The largest absolute Gasteiger partial charge is 0.327 e. The quantitative estimate of drug-likeness (QED) is 0.567. The van der Waals surface area contributed by atoms with Crippen LogP contribution in [-0.4, -0.2) is 15.8 Å². The Hall–Kier alpha value is -0.350. The van der Waals surface area contributed by atoms with E-state index in [0.717, 1.165) is 29.6 Å². The van der Waals surface area contributed by atoms with Crippen molar-refractivity contribution in [2.45, 2.75) is 91.1 Å². The van der Waals surface area contributed by atoms with Gasteiger partial charge in [-0.1, -0.05) is 51.9 Å². The minimum atomic E-state index is 0.248. The summed E-state index contributed by atoms with van der Waals surface area (Å²) in [6.07, 6.45) is 11.5. The maximum atomic E-state index is 6.31. The molecule has 1 heterocycles. The van der Waals surface area contributed by atoms with Gasteiger partial charge < -0.3 is 5.73 Å². The Morgan fingerprint density at radius 1 is 1.10 bits per heavy atom. The maximum absolute atomic E-state index is 6.31. The minimum absolute atomic E-state index is 0.248. The molecule has 122 valence electrons. The molecule has 0 aliphatic carbocycles. The van der Waals surface area contributed by atoms with Gasteiger partial charge in [0.15, 0.2) is 0 Å². The molecule has 0 saturated heterocycles. The zero-order valence-corrected chi connectivity index (χ0v) is 15.6. The first-order valence-electron chi connectivity index (χ1n) is 8.57. The van der Waals surface area contributed by atoms with Crippen LogP contribution in [-0.2, 0) is 13.0 Å². The molecule has 3 nitrogen and oxygen atoms in total. The minimum Gasteiger partial charge on any atom is -0.327 e. The molecule has 1 atom stereocenters. The molecule has 0 radical (unpaired) electrons. The van der Waals surface area contributed by atoms with Crippen LogP contribution in [0, 0.1) is 6.92 Å². The molecule has 1 aromatic heterocycles. The van der Waals surface area contributed by atoms with Gasteiger partial charge in [-0.25, -0.2) is 0 Å². The zero-order chi connectivity index (χ0) is 15.7. The van der Waals surface area contributed by atoms with Gasteiger partial charge in [0.2, 0.25) is 0 Å². The molecule has 4 heteroatoms. The van der Waals surface area contributed by atoms with Crippen LogP contribution in [0.4, 0.5) is 0 Å². The third kappa shape index (κ3) is 6.52. The highest BCUT2D eigenvalue weighted by atomic mass is 79.9. The van der Waals surface area contributed by atoms with Crippen molar-refractivity contribution in [1.82, 2.24) is 9.78 Å². The Balaban J connectivity index is 2.26. The zero-order valence-electron chi connectivity index (χ0n) is 14.0. The average Bonchev–Trinajstić information content (AvgIpc) is 2.74. The average molecular weight is 358 g/mol. The van der Waals surface area contributed by atoms with E-state index in [1.807, 2.05) is 6.92 Å². The number of halogens is 1. The van der Waals surface area contributed by atoms with Crippen LogP contribution in [0.5, 0.6) is 0 Å². The molecule has 0 aromatic carbocycles. The lowest BCUT2D eigenvalue weighted by Gasteiger charge is -2.13.